The molecule has 0 spiro atoms. The van der Waals surface area contributed by atoms with Crippen molar-refractivity contribution in [2.24, 2.45) is 0 Å². The smallest absolute Gasteiger partial charge is 0.420 e. The second-order valence-corrected chi connectivity index (χ2v) is 9.88. The van der Waals surface area contributed by atoms with Crippen molar-refractivity contribution in [2.75, 3.05) is 0 Å². The van der Waals surface area contributed by atoms with E-state index in [9.17, 15) is 19.5 Å². The molecule has 9 nitrogen and oxygen atoms in total. The first kappa shape index (κ1) is 27.2. The highest BCUT2D eigenvalue weighted by Crippen LogP contribution is 2.25. The number of hydrogen-bond donors (Lipinski definition) is 1. The normalized spacial score (nSPS) is 24.2. The summed E-state index contributed by atoms with van der Waals surface area (Å²) in [6, 6.07) is -1.19. The number of nitrogens with zero attached hydrogens (tertiary/aromatic N) is 1. The summed E-state index contributed by atoms with van der Waals surface area (Å²) >= 11 is 0. The third-order valence-corrected chi connectivity index (χ3v) is 4.38. The Labute approximate surface area is 185 Å². The van der Waals surface area contributed by atoms with E-state index in [0.29, 0.717) is 30.6 Å². The lowest BCUT2D eigenvalue weighted by atomic mass is 10.0. The van der Waals surface area contributed by atoms with Gasteiger partial charge in [0.15, 0.2) is 6.29 Å². The highest BCUT2D eigenvalue weighted by atomic mass is 16.6. The molecule has 0 aliphatic carbocycles. The molecule has 1 aliphatic heterocycles. The second kappa shape index (κ2) is 11.1. The van der Waals surface area contributed by atoms with Crippen molar-refractivity contribution in [1.29, 1.82) is 0 Å². The van der Waals surface area contributed by atoms with E-state index in [1.165, 1.54) is 0 Å². The van der Waals surface area contributed by atoms with Crippen LogP contribution in [0.15, 0.2) is 0 Å². The summed E-state index contributed by atoms with van der Waals surface area (Å²) < 4.78 is 21.9. The minimum Gasteiger partial charge on any atom is -0.461 e. The van der Waals surface area contributed by atoms with E-state index >= 15 is 0 Å². The zero-order chi connectivity index (χ0) is 24.0. The SMILES string of the molecule is CCC(O)OC1CCC[C@H](N(C(=O)OC(C)(C)C)C(=O)OC(C)(C)C)C(=O)OC(C)C1. The molecule has 1 aliphatic rings. The Hall–Kier alpha value is -1.87. The van der Waals surface area contributed by atoms with Crippen LogP contribution in [0.5, 0.6) is 0 Å². The van der Waals surface area contributed by atoms with Crippen LogP contribution in [0, 0.1) is 0 Å². The highest BCUT2D eigenvalue weighted by Gasteiger charge is 2.42. The van der Waals surface area contributed by atoms with Crippen molar-refractivity contribution in [3.8, 4) is 0 Å². The summed E-state index contributed by atoms with van der Waals surface area (Å²) in [6.07, 6.45) is -1.67. The number of rotatable bonds is 4. The summed E-state index contributed by atoms with van der Waals surface area (Å²) in [4.78, 5) is 39.4. The van der Waals surface area contributed by atoms with Crippen LogP contribution in [0.25, 0.3) is 0 Å². The van der Waals surface area contributed by atoms with Crippen molar-refractivity contribution in [3.63, 3.8) is 0 Å². The van der Waals surface area contributed by atoms with Crippen molar-refractivity contribution < 1.29 is 38.4 Å². The number of ether oxygens (including phenoxy) is 4. The fraction of sp³-hybridized carbons (Fsp3) is 0.864. The largest absolute Gasteiger partial charge is 0.461 e. The summed E-state index contributed by atoms with van der Waals surface area (Å²) in [5.74, 6) is -0.707. The molecule has 180 valence electrons. The molecule has 4 atom stereocenters. The van der Waals surface area contributed by atoms with Gasteiger partial charge in [0.1, 0.15) is 23.3 Å². The highest BCUT2D eigenvalue weighted by molar-refractivity contribution is 5.94. The van der Waals surface area contributed by atoms with Gasteiger partial charge in [-0.05, 0) is 74.1 Å². The number of cyclic esters (lactones) is 1. The van der Waals surface area contributed by atoms with Crippen molar-refractivity contribution in [2.45, 2.75) is 123 Å². The topological polar surface area (TPSA) is 112 Å². The van der Waals surface area contributed by atoms with Crippen LogP contribution in [0.3, 0.4) is 0 Å². The van der Waals surface area contributed by atoms with Gasteiger partial charge < -0.3 is 24.1 Å². The molecule has 0 aromatic heterocycles. The molecule has 9 heteroatoms. The molecular formula is C22H39NO8. The lowest BCUT2D eigenvalue weighted by Gasteiger charge is -2.32. The Morgan fingerprint density at radius 3 is 2.06 bits per heavy atom. The van der Waals surface area contributed by atoms with Crippen LogP contribution in [0.4, 0.5) is 9.59 Å². The quantitative estimate of drug-likeness (QED) is 0.390. The molecule has 0 aromatic rings. The fourth-order valence-corrected chi connectivity index (χ4v) is 3.10. The van der Waals surface area contributed by atoms with Crippen molar-refractivity contribution >= 4 is 18.2 Å². The predicted octanol–water partition coefficient (Wildman–Crippen LogP) is 4.15. The summed E-state index contributed by atoms with van der Waals surface area (Å²) in [5, 5.41) is 9.82. The van der Waals surface area contributed by atoms with Crippen LogP contribution in [0.1, 0.15) is 87.5 Å². The van der Waals surface area contributed by atoms with Gasteiger partial charge in [0.25, 0.3) is 0 Å². The lowest BCUT2D eigenvalue weighted by Crippen LogP contribution is -2.52. The van der Waals surface area contributed by atoms with E-state index in [0.717, 1.165) is 0 Å². The van der Waals surface area contributed by atoms with E-state index in [-0.39, 0.29) is 12.5 Å². The molecule has 0 saturated carbocycles. The molecule has 2 amide bonds. The first-order valence-corrected chi connectivity index (χ1v) is 10.9. The number of carbonyl (C=O) groups excluding carboxylic acids is 3. The number of amides is 2. The lowest BCUT2D eigenvalue weighted by molar-refractivity contribution is -0.161. The van der Waals surface area contributed by atoms with Gasteiger partial charge >= 0.3 is 18.2 Å². The molecule has 0 radical (unpaired) electrons. The average Bonchev–Trinajstić information content (AvgIpc) is 2.62. The van der Waals surface area contributed by atoms with Crippen LogP contribution >= 0.6 is 0 Å². The first-order valence-electron chi connectivity index (χ1n) is 10.9. The van der Waals surface area contributed by atoms with Crippen LogP contribution < -0.4 is 0 Å². The standard InChI is InChI=1S/C22H39NO8/c1-9-17(24)29-15-11-10-12-16(18(25)28-14(2)13-15)23(19(26)30-21(3,4)5)20(27)31-22(6,7)8/h14-17,24H,9-13H2,1-8H3/t14?,15?,16-,17?/m0/s1. The van der Waals surface area contributed by atoms with Crippen LogP contribution in [0.2, 0.25) is 0 Å². The van der Waals surface area contributed by atoms with Gasteiger partial charge in [-0.2, -0.15) is 4.90 Å². The maximum atomic E-state index is 12.9. The molecule has 0 aromatic carbocycles. The molecule has 1 fully saturated rings. The van der Waals surface area contributed by atoms with E-state index in [2.05, 4.69) is 0 Å². The number of aliphatic hydroxyl groups excluding tert-OH is 1. The Bertz CT molecular complexity index is 594. The Morgan fingerprint density at radius 1 is 1.10 bits per heavy atom. The molecular weight excluding hydrogens is 406 g/mol. The van der Waals surface area contributed by atoms with E-state index < -0.39 is 47.8 Å². The zero-order valence-corrected chi connectivity index (χ0v) is 20.1. The number of imide groups is 1. The van der Waals surface area contributed by atoms with Crippen LogP contribution in [-0.2, 0) is 23.7 Å². The number of aliphatic hydroxyl groups is 1. The molecule has 1 heterocycles. The minimum atomic E-state index is -1.19. The van der Waals surface area contributed by atoms with Gasteiger partial charge in [-0.15, -0.1) is 0 Å². The van der Waals surface area contributed by atoms with Crippen molar-refractivity contribution in [1.82, 2.24) is 4.90 Å². The van der Waals surface area contributed by atoms with Gasteiger partial charge in [-0.1, -0.05) is 6.92 Å². The van der Waals surface area contributed by atoms with Gasteiger partial charge in [0, 0.05) is 6.42 Å². The molecule has 31 heavy (non-hydrogen) atoms. The molecule has 1 N–H and O–H groups in total. The predicted molar refractivity (Wildman–Crippen MR) is 113 cm³/mol. The summed E-state index contributed by atoms with van der Waals surface area (Å²) in [5.41, 5.74) is -1.75. The minimum absolute atomic E-state index is 0.159. The Balaban J connectivity index is 3.15. The maximum Gasteiger partial charge on any atom is 0.420 e. The molecule has 0 bridgehead atoms. The van der Waals surface area contributed by atoms with Crippen molar-refractivity contribution in [3.05, 3.63) is 0 Å². The molecule has 1 saturated heterocycles. The third-order valence-electron chi connectivity index (χ3n) is 4.38. The maximum absolute atomic E-state index is 12.9. The van der Waals surface area contributed by atoms with E-state index in [4.69, 9.17) is 18.9 Å². The monoisotopic (exact) mass is 445 g/mol. The summed E-state index contributed by atoms with van der Waals surface area (Å²) in [7, 11) is 0. The number of hydrogen-bond acceptors (Lipinski definition) is 8. The number of esters is 1. The van der Waals surface area contributed by atoms with E-state index in [1.54, 1.807) is 55.4 Å². The number of carbonyl (C=O) groups is 3. The average molecular weight is 446 g/mol. The first-order chi connectivity index (χ1) is 14.1. The molecule has 3 unspecified atom stereocenters. The molecule has 1 rings (SSSR count). The second-order valence-electron chi connectivity index (χ2n) is 9.88. The Morgan fingerprint density at radius 2 is 1.61 bits per heavy atom. The summed E-state index contributed by atoms with van der Waals surface area (Å²) in [6.45, 7) is 13.5. The van der Waals surface area contributed by atoms with E-state index in [1.807, 2.05) is 0 Å². The zero-order valence-electron chi connectivity index (χ0n) is 20.1. The van der Waals surface area contributed by atoms with Gasteiger partial charge in [-0.25, -0.2) is 14.4 Å². The van der Waals surface area contributed by atoms with Gasteiger partial charge in [0.2, 0.25) is 0 Å². The van der Waals surface area contributed by atoms with Gasteiger partial charge in [0.05, 0.1) is 6.10 Å². The van der Waals surface area contributed by atoms with Gasteiger partial charge in [-0.3, -0.25) is 0 Å². The Kier molecular flexibility index (Phi) is 9.75. The third kappa shape index (κ3) is 9.86. The fourth-order valence-electron chi connectivity index (χ4n) is 3.10. The van der Waals surface area contributed by atoms with Crippen LogP contribution in [-0.4, -0.2) is 63.9 Å².